The van der Waals surface area contributed by atoms with E-state index in [1.54, 1.807) is 23.5 Å². The van der Waals surface area contributed by atoms with Gasteiger partial charge in [-0.1, -0.05) is 12.1 Å². The SMILES string of the molecule is C[C@@H]1CN([C@H](C)CO)C(=O)CCCn2nncc2CO[C@H]1CN(C)Cc1ccncc1. The smallest absolute Gasteiger partial charge is 0.222 e. The number of hydrogen-bond donors (Lipinski definition) is 1. The molecular formula is C22H34N6O3. The van der Waals surface area contributed by atoms with Crippen LogP contribution in [0.1, 0.15) is 37.9 Å². The Morgan fingerprint density at radius 1 is 1.35 bits per heavy atom. The Hall–Kier alpha value is -2.36. The molecule has 0 fully saturated rings. The number of hydrogen-bond acceptors (Lipinski definition) is 7. The molecule has 1 N–H and O–H groups in total. The highest BCUT2D eigenvalue weighted by molar-refractivity contribution is 5.76. The van der Waals surface area contributed by atoms with E-state index in [0.717, 1.165) is 12.2 Å². The molecule has 0 spiro atoms. The van der Waals surface area contributed by atoms with Gasteiger partial charge >= 0.3 is 0 Å². The molecule has 9 nitrogen and oxygen atoms in total. The van der Waals surface area contributed by atoms with Crippen molar-refractivity contribution in [2.24, 2.45) is 5.92 Å². The summed E-state index contributed by atoms with van der Waals surface area (Å²) < 4.78 is 8.18. The van der Waals surface area contributed by atoms with Gasteiger partial charge in [-0.25, -0.2) is 4.68 Å². The maximum Gasteiger partial charge on any atom is 0.222 e. The molecule has 170 valence electrons. The summed E-state index contributed by atoms with van der Waals surface area (Å²) in [6, 6.07) is 3.79. The van der Waals surface area contributed by atoms with Gasteiger partial charge in [0, 0.05) is 50.9 Å². The molecule has 31 heavy (non-hydrogen) atoms. The van der Waals surface area contributed by atoms with Gasteiger partial charge in [0.05, 0.1) is 37.3 Å². The van der Waals surface area contributed by atoms with Crippen molar-refractivity contribution in [2.75, 3.05) is 26.7 Å². The van der Waals surface area contributed by atoms with E-state index in [9.17, 15) is 9.90 Å². The quantitative estimate of drug-likeness (QED) is 0.738. The van der Waals surface area contributed by atoms with Crippen molar-refractivity contribution < 1.29 is 14.6 Å². The van der Waals surface area contributed by atoms with Gasteiger partial charge in [-0.3, -0.25) is 14.7 Å². The van der Waals surface area contributed by atoms with E-state index in [-0.39, 0.29) is 30.6 Å². The van der Waals surface area contributed by atoms with Crippen molar-refractivity contribution in [3.8, 4) is 0 Å². The molecule has 9 heteroatoms. The van der Waals surface area contributed by atoms with Crippen molar-refractivity contribution in [3.05, 3.63) is 42.0 Å². The fraction of sp³-hybridized carbons (Fsp3) is 0.636. The van der Waals surface area contributed by atoms with Gasteiger partial charge in [0.1, 0.15) is 0 Å². The number of carbonyl (C=O) groups excluding carboxylic acids is 1. The molecule has 2 aromatic rings. The monoisotopic (exact) mass is 430 g/mol. The van der Waals surface area contributed by atoms with Crippen LogP contribution in [0.2, 0.25) is 0 Å². The standard InChI is InChI=1S/C22H34N6O3/c1-17-12-27(18(2)15-29)22(30)5-4-10-28-20(11-24-25-28)16-31-21(17)14-26(3)13-19-6-8-23-9-7-19/h6-9,11,17-18,21,29H,4-5,10,12-16H2,1-3H3/t17-,18-,21+/m1/s1. The Morgan fingerprint density at radius 2 is 2.13 bits per heavy atom. The highest BCUT2D eigenvalue weighted by Crippen LogP contribution is 2.18. The Balaban J connectivity index is 1.77. The molecule has 1 amide bonds. The average Bonchev–Trinajstić information content (AvgIpc) is 3.21. The van der Waals surface area contributed by atoms with Gasteiger partial charge in [-0.15, -0.1) is 5.10 Å². The molecular weight excluding hydrogens is 396 g/mol. The highest BCUT2D eigenvalue weighted by Gasteiger charge is 2.28. The first-order valence-corrected chi connectivity index (χ1v) is 10.9. The molecule has 0 unspecified atom stereocenters. The van der Waals surface area contributed by atoms with Crippen LogP contribution in [0.15, 0.2) is 30.7 Å². The van der Waals surface area contributed by atoms with E-state index in [0.29, 0.717) is 39.1 Å². The van der Waals surface area contributed by atoms with Crippen molar-refractivity contribution in [2.45, 2.75) is 58.5 Å². The number of nitrogens with zero attached hydrogens (tertiary/aromatic N) is 6. The van der Waals surface area contributed by atoms with Crippen molar-refractivity contribution in [3.63, 3.8) is 0 Å². The first-order chi connectivity index (χ1) is 15.0. The minimum absolute atomic E-state index is 0.0551. The molecule has 1 aliphatic heterocycles. The van der Waals surface area contributed by atoms with E-state index < -0.39 is 0 Å². The first kappa shape index (κ1) is 23.3. The van der Waals surface area contributed by atoms with Crippen LogP contribution in [0.3, 0.4) is 0 Å². The first-order valence-electron chi connectivity index (χ1n) is 10.9. The van der Waals surface area contributed by atoms with Gasteiger partial charge < -0.3 is 14.7 Å². The van der Waals surface area contributed by atoms with Gasteiger partial charge in [0.2, 0.25) is 5.91 Å². The minimum atomic E-state index is -0.227. The normalized spacial score (nSPS) is 22.0. The number of ether oxygens (including phenoxy) is 1. The number of fused-ring (bicyclic) bond motifs is 1. The Morgan fingerprint density at radius 3 is 2.87 bits per heavy atom. The van der Waals surface area contributed by atoms with Crippen LogP contribution in [0.25, 0.3) is 0 Å². The van der Waals surface area contributed by atoms with E-state index in [2.05, 4.69) is 34.2 Å². The third kappa shape index (κ3) is 6.56. The second-order valence-electron chi connectivity index (χ2n) is 8.51. The third-order valence-corrected chi connectivity index (χ3v) is 5.83. The summed E-state index contributed by atoms with van der Waals surface area (Å²) in [4.78, 5) is 21.0. The molecule has 0 aliphatic carbocycles. The summed E-state index contributed by atoms with van der Waals surface area (Å²) in [5.41, 5.74) is 2.11. The lowest BCUT2D eigenvalue weighted by molar-refractivity contribution is -0.136. The Labute approximate surface area is 184 Å². The minimum Gasteiger partial charge on any atom is -0.394 e. The van der Waals surface area contributed by atoms with Crippen LogP contribution < -0.4 is 0 Å². The topological polar surface area (TPSA) is 96.6 Å². The lowest BCUT2D eigenvalue weighted by Gasteiger charge is -2.35. The second kappa shape index (κ2) is 11.3. The highest BCUT2D eigenvalue weighted by atomic mass is 16.5. The lowest BCUT2D eigenvalue weighted by atomic mass is 10.0. The zero-order chi connectivity index (χ0) is 22.2. The number of aliphatic hydroxyl groups excluding tert-OH is 1. The van der Waals surface area contributed by atoms with E-state index in [1.807, 2.05) is 23.7 Å². The second-order valence-corrected chi connectivity index (χ2v) is 8.51. The van der Waals surface area contributed by atoms with Crippen molar-refractivity contribution in [1.82, 2.24) is 29.8 Å². The van der Waals surface area contributed by atoms with Crippen molar-refractivity contribution >= 4 is 5.91 Å². The molecule has 0 saturated heterocycles. The predicted molar refractivity (Wildman–Crippen MR) is 116 cm³/mol. The number of aryl methyl sites for hydroxylation is 1. The predicted octanol–water partition coefficient (Wildman–Crippen LogP) is 1.33. The lowest BCUT2D eigenvalue weighted by Crippen LogP contribution is -2.47. The number of aromatic nitrogens is 4. The maximum absolute atomic E-state index is 12.9. The van der Waals surface area contributed by atoms with Crippen LogP contribution in [0, 0.1) is 5.92 Å². The molecule has 0 aromatic carbocycles. The summed E-state index contributed by atoms with van der Waals surface area (Å²) >= 11 is 0. The van der Waals surface area contributed by atoms with E-state index in [4.69, 9.17) is 4.74 Å². The van der Waals surface area contributed by atoms with Gasteiger partial charge in [-0.05, 0) is 38.1 Å². The summed E-state index contributed by atoms with van der Waals surface area (Å²) in [5, 5.41) is 17.9. The molecule has 3 rings (SSSR count). The summed E-state index contributed by atoms with van der Waals surface area (Å²) in [5.74, 6) is 0.140. The van der Waals surface area contributed by atoms with E-state index >= 15 is 0 Å². The fourth-order valence-corrected chi connectivity index (χ4v) is 3.92. The number of amides is 1. The number of likely N-dealkylation sites (N-methyl/N-ethyl adjacent to an activating group) is 1. The van der Waals surface area contributed by atoms with Gasteiger partial charge in [0.15, 0.2) is 0 Å². The Kier molecular flexibility index (Phi) is 8.51. The molecule has 0 saturated carbocycles. The summed E-state index contributed by atoms with van der Waals surface area (Å²) in [7, 11) is 2.07. The molecule has 2 aromatic heterocycles. The van der Waals surface area contributed by atoms with Crippen LogP contribution in [-0.4, -0.2) is 79.7 Å². The average molecular weight is 431 g/mol. The molecule has 3 atom stereocenters. The van der Waals surface area contributed by atoms with E-state index in [1.165, 1.54) is 5.56 Å². The van der Waals surface area contributed by atoms with Crippen molar-refractivity contribution in [1.29, 1.82) is 0 Å². The summed E-state index contributed by atoms with van der Waals surface area (Å²) in [6.07, 6.45) is 6.32. The van der Waals surface area contributed by atoms with Crippen LogP contribution >= 0.6 is 0 Å². The zero-order valence-electron chi connectivity index (χ0n) is 18.7. The number of pyridine rings is 1. The van der Waals surface area contributed by atoms with Gasteiger partial charge in [-0.2, -0.15) is 0 Å². The third-order valence-electron chi connectivity index (χ3n) is 5.83. The largest absolute Gasteiger partial charge is 0.394 e. The van der Waals surface area contributed by atoms with Crippen LogP contribution in [0.5, 0.6) is 0 Å². The molecule has 0 bridgehead atoms. The van der Waals surface area contributed by atoms with Crippen LogP contribution in [-0.2, 0) is 29.2 Å². The number of rotatable bonds is 6. The Bertz CT molecular complexity index is 815. The summed E-state index contributed by atoms with van der Waals surface area (Å²) in [6.45, 7) is 7.02. The fourth-order valence-electron chi connectivity index (χ4n) is 3.92. The zero-order valence-corrected chi connectivity index (χ0v) is 18.7. The number of carbonyl (C=O) groups is 1. The van der Waals surface area contributed by atoms with Gasteiger partial charge in [0.25, 0.3) is 0 Å². The molecule has 1 aliphatic rings. The number of aliphatic hydroxyl groups is 1. The maximum atomic E-state index is 12.9. The van der Waals surface area contributed by atoms with Crippen LogP contribution in [0.4, 0.5) is 0 Å². The molecule has 3 heterocycles. The molecule has 0 radical (unpaired) electrons.